The van der Waals surface area contributed by atoms with Crippen LogP contribution in [0.2, 0.25) is 0 Å². The van der Waals surface area contributed by atoms with E-state index in [4.69, 9.17) is 27.9 Å². The fourth-order valence-corrected chi connectivity index (χ4v) is 4.47. The summed E-state index contributed by atoms with van der Waals surface area (Å²) in [7, 11) is 0. The lowest BCUT2D eigenvalue weighted by Gasteiger charge is -2.22. The largest absolute Gasteiger partial charge is 0.481 e. The predicted octanol–water partition coefficient (Wildman–Crippen LogP) is 6.27. The van der Waals surface area contributed by atoms with Crippen LogP contribution in [-0.4, -0.2) is 11.1 Å². The Labute approximate surface area is 178 Å². The van der Waals surface area contributed by atoms with E-state index in [2.05, 4.69) is 6.07 Å². The molecule has 3 atom stereocenters. The molecule has 4 nitrogen and oxygen atoms in total. The number of carbonyl (C=O) groups is 1. The number of ether oxygens (including phenoxy) is 1. The molecule has 0 aliphatic heterocycles. The van der Waals surface area contributed by atoms with Crippen molar-refractivity contribution in [3.8, 4) is 17.6 Å². The van der Waals surface area contributed by atoms with Gasteiger partial charge in [-0.2, -0.15) is 5.26 Å². The molecule has 0 spiro atoms. The molecule has 3 rings (SSSR count). The molecule has 2 unspecified atom stereocenters. The lowest BCUT2D eigenvalue weighted by atomic mass is 9.78. The van der Waals surface area contributed by atoms with E-state index in [1.54, 1.807) is 44.2 Å². The number of nitriles is 1. The van der Waals surface area contributed by atoms with Crippen molar-refractivity contribution >= 4 is 29.2 Å². The van der Waals surface area contributed by atoms with Gasteiger partial charge in [-0.05, 0) is 41.3 Å². The van der Waals surface area contributed by atoms with Crippen LogP contribution in [0, 0.1) is 33.9 Å². The van der Waals surface area contributed by atoms with Gasteiger partial charge >= 0.3 is 5.97 Å². The molecule has 2 aromatic rings. The van der Waals surface area contributed by atoms with Crippen LogP contribution in [0.25, 0.3) is 0 Å². The minimum absolute atomic E-state index is 0.0601. The molecule has 150 valence electrons. The first kappa shape index (κ1) is 21.2. The Bertz CT molecular complexity index is 1010. The highest BCUT2D eigenvalue weighted by Crippen LogP contribution is 2.75. The van der Waals surface area contributed by atoms with E-state index >= 15 is 0 Å². The Hall–Kier alpha value is -2.55. The van der Waals surface area contributed by atoms with Crippen molar-refractivity contribution < 1.29 is 19.0 Å². The van der Waals surface area contributed by atoms with Crippen molar-refractivity contribution in [2.45, 2.75) is 19.8 Å². The minimum atomic E-state index is -1.46. The Morgan fingerprint density at radius 1 is 1.28 bits per heavy atom. The van der Waals surface area contributed by atoms with Gasteiger partial charge in [-0.15, -0.1) is 0 Å². The maximum absolute atomic E-state index is 14.3. The number of halogens is 3. The second kappa shape index (κ2) is 7.70. The maximum Gasteiger partial charge on any atom is 0.312 e. The van der Waals surface area contributed by atoms with Gasteiger partial charge in [-0.3, -0.25) is 4.79 Å². The fraction of sp³-hybridized carbons (Fsp3) is 0.273. The van der Waals surface area contributed by atoms with Gasteiger partial charge in [0.25, 0.3) is 0 Å². The summed E-state index contributed by atoms with van der Waals surface area (Å²) in [5.74, 6) is -3.05. The second-order valence-corrected chi connectivity index (χ2v) is 8.50. The topological polar surface area (TPSA) is 70.3 Å². The number of nitrogens with zero attached hydrogens (tertiary/aromatic N) is 1. The molecule has 0 saturated heterocycles. The molecule has 1 saturated carbocycles. The van der Waals surface area contributed by atoms with Crippen LogP contribution in [0.3, 0.4) is 0 Å². The van der Waals surface area contributed by atoms with Gasteiger partial charge in [-0.1, -0.05) is 61.3 Å². The van der Waals surface area contributed by atoms with E-state index in [-0.39, 0.29) is 10.2 Å². The van der Waals surface area contributed by atoms with Gasteiger partial charge in [0.1, 0.15) is 15.7 Å². The van der Waals surface area contributed by atoms with E-state index in [1.165, 1.54) is 24.3 Å². The third kappa shape index (κ3) is 3.48. The van der Waals surface area contributed by atoms with Crippen LogP contribution < -0.4 is 4.74 Å². The summed E-state index contributed by atoms with van der Waals surface area (Å²) in [4.78, 5) is 12.3. The smallest absolute Gasteiger partial charge is 0.312 e. The highest BCUT2D eigenvalue weighted by atomic mass is 35.5. The van der Waals surface area contributed by atoms with Gasteiger partial charge in [0.05, 0.1) is 12.0 Å². The zero-order valence-corrected chi connectivity index (χ0v) is 17.2. The predicted molar refractivity (Wildman–Crippen MR) is 108 cm³/mol. The first-order valence-corrected chi connectivity index (χ1v) is 9.60. The highest BCUT2D eigenvalue weighted by Gasteiger charge is 2.78. The molecule has 7 heteroatoms. The summed E-state index contributed by atoms with van der Waals surface area (Å²) in [6.07, 6.45) is 1.45. The molecule has 0 radical (unpaired) electrons. The maximum atomic E-state index is 14.3. The molecule has 1 N–H and O–H groups in total. The Morgan fingerprint density at radius 2 is 1.93 bits per heavy atom. The van der Waals surface area contributed by atoms with Crippen molar-refractivity contribution in [3.63, 3.8) is 0 Å². The molecule has 1 aliphatic rings. The van der Waals surface area contributed by atoms with E-state index in [0.717, 1.165) is 0 Å². The lowest BCUT2D eigenvalue weighted by Crippen LogP contribution is -2.28. The number of hydrogen-bond donors (Lipinski definition) is 1. The molecular formula is C22H18Cl2FNO3. The lowest BCUT2D eigenvalue weighted by molar-refractivity contribution is -0.145. The molecule has 0 heterocycles. The zero-order valence-electron chi connectivity index (χ0n) is 15.7. The van der Waals surface area contributed by atoms with Crippen LogP contribution in [0.5, 0.6) is 11.5 Å². The van der Waals surface area contributed by atoms with E-state index in [9.17, 15) is 19.6 Å². The molecule has 2 aromatic carbocycles. The van der Waals surface area contributed by atoms with Crippen molar-refractivity contribution in [2.24, 2.45) is 16.7 Å². The molecule has 0 aromatic heterocycles. The molecular weight excluding hydrogens is 416 g/mol. The third-order valence-corrected chi connectivity index (χ3v) is 5.99. The summed E-state index contributed by atoms with van der Waals surface area (Å²) in [6.45, 7) is 3.49. The first-order valence-electron chi connectivity index (χ1n) is 8.84. The Balaban J connectivity index is 2.06. The Kier molecular flexibility index (Phi) is 5.62. The van der Waals surface area contributed by atoms with E-state index in [1.807, 2.05) is 0 Å². The van der Waals surface area contributed by atoms with Crippen molar-refractivity contribution in [1.82, 2.24) is 0 Å². The summed E-state index contributed by atoms with van der Waals surface area (Å²) < 4.78 is 19.9. The van der Waals surface area contributed by atoms with Crippen LogP contribution in [0.4, 0.5) is 4.39 Å². The summed E-state index contributed by atoms with van der Waals surface area (Å²) in [5, 5.41) is 20.0. The van der Waals surface area contributed by atoms with Gasteiger partial charge in [0.15, 0.2) is 11.6 Å². The summed E-state index contributed by atoms with van der Waals surface area (Å²) >= 11 is 11.6. The summed E-state index contributed by atoms with van der Waals surface area (Å²) in [5.41, 5.74) is -1.90. The first-order chi connectivity index (χ1) is 13.7. The summed E-state index contributed by atoms with van der Waals surface area (Å²) in [6, 6.07) is 14.7. The van der Waals surface area contributed by atoms with Crippen LogP contribution in [0.1, 0.15) is 25.3 Å². The number of rotatable bonds is 6. The number of hydrogen-bond acceptors (Lipinski definition) is 3. The highest BCUT2D eigenvalue weighted by molar-refractivity contribution is 6.55. The van der Waals surface area contributed by atoms with Gasteiger partial charge < -0.3 is 9.84 Å². The fourth-order valence-electron chi connectivity index (χ4n) is 4.22. The second-order valence-electron chi connectivity index (χ2n) is 7.50. The third-order valence-electron chi connectivity index (χ3n) is 5.74. The van der Waals surface area contributed by atoms with E-state index in [0.29, 0.717) is 11.3 Å². The monoisotopic (exact) mass is 433 g/mol. The minimum Gasteiger partial charge on any atom is -0.481 e. The average Bonchev–Trinajstić information content (AvgIpc) is 3.14. The molecule has 29 heavy (non-hydrogen) atoms. The number of aliphatic carboxylic acids is 1. The number of allylic oxidation sites excluding steroid dienone is 1. The van der Waals surface area contributed by atoms with Gasteiger partial charge in [0, 0.05) is 5.92 Å². The SMILES string of the molecule is CC1(C)C(C=C(Cl)Cl)C1(C(=O)O)[C@H](C#N)c1ccc(F)c(Oc2ccccc2)c1. The normalized spacial score (nSPS) is 22.8. The average molecular weight is 434 g/mol. The molecule has 0 bridgehead atoms. The van der Waals surface area contributed by atoms with Crippen LogP contribution in [0.15, 0.2) is 59.1 Å². The van der Waals surface area contributed by atoms with Crippen molar-refractivity contribution in [2.75, 3.05) is 0 Å². The van der Waals surface area contributed by atoms with Crippen LogP contribution >= 0.6 is 23.2 Å². The van der Waals surface area contributed by atoms with Crippen molar-refractivity contribution in [1.29, 1.82) is 5.26 Å². The molecule has 1 aliphatic carbocycles. The van der Waals surface area contributed by atoms with E-state index < -0.39 is 34.5 Å². The quantitative estimate of drug-likeness (QED) is 0.582. The number of carboxylic acids is 1. The van der Waals surface area contributed by atoms with Gasteiger partial charge in [-0.25, -0.2) is 4.39 Å². The number of carboxylic acid groups (broad SMARTS) is 1. The number of para-hydroxylation sites is 1. The zero-order chi connectivity index (χ0) is 21.4. The Morgan fingerprint density at radius 3 is 2.48 bits per heavy atom. The molecule has 0 amide bonds. The standard InChI is InChI=1S/C22H18Cl2FNO3/c1-21(2)18(11-19(23)24)22(21,20(27)28)15(12-26)13-8-9-16(25)17(10-13)29-14-6-4-3-5-7-14/h3-11,15,18H,1-2H3,(H,27,28)/t15-,18?,22?/m1/s1. The van der Waals surface area contributed by atoms with Crippen molar-refractivity contribution in [3.05, 3.63) is 70.5 Å². The van der Waals surface area contributed by atoms with Gasteiger partial charge in [0.2, 0.25) is 0 Å². The number of benzene rings is 2. The van der Waals surface area contributed by atoms with Crippen LogP contribution in [-0.2, 0) is 4.79 Å². The molecule has 1 fully saturated rings.